The first-order valence-corrected chi connectivity index (χ1v) is 20.7. The number of ether oxygens (including phenoxy) is 2. The topological polar surface area (TPSA) is 218 Å². The van der Waals surface area contributed by atoms with Crippen molar-refractivity contribution >= 4 is 116 Å². The summed E-state index contributed by atoms with van der Waals surface area (Å²) < 4.78 is 10.9. The number of carbonyl (C=O) groups excluding carboxylic acids is 6. The Bertz CT molecular complexity index is 2460. The Labute approximate surface area is 386 Å². The first kappa shape index (κ1) is 48.3. The number of carbonyl (C=O) groups is 6. The van der Waals surface area contributed by atoms with Crippen LogP contribution in [0, 0.1) is 0 Å². The van der Waals surface area contributed by atoms with Gasteiger partial charge in [0.25, 0.3) is 23.6 Å². The summed E-state index contributed by atoms with van der Waals surface area (Å²) in [5.41, 5.74) is 2.90. The molecule has 5 rings (SSSR count). The number of nitrogens with zero attached hydrogens (tertiary/aromatic N) is 4. The number of ketones is 2. The Morgan fingerprint density at radius 1 is 0.547 bits per heavy atom. The SMILES string of the molecule is COc1cc(NC(=O)C(N=Nc2cccc(C(=O)Nc3ccc(CCl)cc3)c2Cl)C(C)=O)c(OC)cc1NC(=O)C(N=Nc1cccc(C(=O)Nc2ccc(CCl)cc2)c1Cl)C(C)=O. The van der Waals surface area contributed by atoms with Gasteiger partial charge < -0.3 is 30.7 Å². The first-order valence-electron chi connectivity index (χ1n) is 18.9. The summed E-state index contributed by atoms with van der Waals surface area (Å²) in [6.07, 6.45) is 0. The summed E-state index contributed by atoms with van der Waals surface area (Å²) in [6.45, 7) is 2.27. The number of methoxy groups -OCH3 is 2. The van der Waals surface area contributed by atoms with Crippen LogP contribution in [0.2, 0.25) is 10.0 Å². The van der Waals surface area contributed by atoms with Crippen LogP contribution in [0.15, 0.2) is 118 Å². The number of amides is 4. The van der Waals surface area contributed by atoms with Gasteiger partial charge in [-0.15, -0.1) is 23.2 Å². The molecular weight excluding hydrogens is 910 g/mol. The van der Waals surface area contributed by atoms with Gasteiger partial charge in [0.05, 0.1) is 46.8 Å². The fraction of sp³-hybridized carbons (Fsp3) is 0.182. The van der Waals surface area contributed by atoms with Gasteiger partial charge in [-0.25, -0.2) is 0 Å². The van der Waals surface area contributed by atoms with Gasteiger partial charge in [-0.3, -0.25) is 28.8 Å². The zero-order valence-electron chi connectivity index (χ0n) is 34.4. The van der Waals surface area contributed by atoms with E-state index in [1.807, 2.05) is 0 Å². The summed E-state index contributed by atoms with van der Waals surface area (Å²) >= 11 is 24.7. The van der Waals surface area contributed by atoms with Crippen LogP contribution in [0.1, 0.15) is 45.7 Å². The second-order valence-corrected chi connectivity index (χ2v) is 14.8. The van der Waals surface area contributed by atoms with E-state index in [0.29, 0.717) is 23.1 Å². The van der Waals surface area contributed by atoms with Crippen LogP contribution in [0.25, 0.3) is 0 Å². The number of anilines is 4. The number of hydrogen-bond acceptors (Lipinski definition) is 12. The number of hydrogen-bond donors (Lipinski definition) is 4. The molecule has 2 atom stereocenters. The number of Topliss-reactive ketones (excluding diaryl/α,β-unsaturated/α-hetero) is 2. The van der Waals surface area contributed by atoms with E-state index >= 15 is 0 Å². The lowest BCUT2D eigenvalue weighted by molar-refractivity contribution is -0.127. The van der Waals surface area contributed by atoms with Gasteiger partial charge in [0.15, 0.2) is 11.6 Å². The van der Waals surface area contributed by atoms with Crippen LogP contribution in [0.5, 0.6) is 11.5 Å². The van der Waals surface area contributed by atoms with Crippen molar-refractivity contribution < 1.29 is 38.2 Å². The highest BCUT2D eigenvalue weighted by Gasteiger charge is 2.28. The fourth-order valence-corrected chi connectivity index (χ4v) is 6.52. The van der Waals surface area contributed by atoms with Crippen molar-refractivity contribution in [1.82, 2.24) is 0 Å². The molecule has 5 aromatic carbocycles. The predicted octanol–water partition coefficient (Wildman–Crippen LogP) is 10.4. The number of azo groups is 2. The highest BCUT2D eigenvalue weighted by molar-refractivity contribution is 6.37. The van der Waals surface area contributed by atoms with E-state index in [9.17, 15) is 28.8 Å². The molecular formula is C44H38Cl4N8O8. The molecule has 0 aromatic heterocycles. The van der Waals surface area contributed by atoms with Gasteiger partial charge in [0.2, 0.25) is 12.1 Å². The maximum absolute atomic E-state index is 13.5. The molecule has 0 saturated carbocycles. The Kier molecular flexibility index (Phi) is 17.0. The fourth-order valence-electron chi connectivity index (χ4n) is 5.67. The van der Waals surface area contributed by atoms with Crippen molar-refractivity contribution in [3.8, 4) is 11.5 Å². The van der Waals surface area contributed by atoms with Gasteiger partial charge in [0, 0.05) is 35.3 Å². The third-order valence-corrected chi connectivity index (χ3v) is 10.5. The lowest BCUT2D eigenvalue weighted by atomic mass is 10.1. The first-order chi connectivity index (χ1) is 30.7. The zero-order chi connectivity index (χ0) is 46.5. The van der Waals surface area contributed by atoms with E-state index in [1.54, 1.807) is 48.5 Å². The summed E-state index contributed by atoms with van der Waals surface area (Å²) in [7, 11) is 2.57. The van der Waals surface area contributed by atoms with Crippen LogP contribution in [-0.2, 0) is 30.9 Å². The van der Waals surface area contributed by atoms with E-state index < -0.39 is 47.3 Å². The Hall–Kier alpha value is -6.72. The van der Waals surface area contributed by atoms with Crippen molar-refractivity contribution in [2.24, 2.45) is 20.5 Å². The van der Waals surface area contributed by atoms with Crippen LogP contribution < -0.4 is 30.7 Å². The van der Waals surface area contributed by atoms with Crippen LogP contribution in [0.3, 0.4) is 0 Å². The standard InChI is InChI=1S/C44H38Cl4N8O8/c1-23(57)39(55-53-31-9-5-7-29(37(31)47)41(59)49-27-15-11-25(21-45)12-16-27)43(61)51-33-19-36(64-4)34(20-35(33)63-3)52-44(62)40(24(2)58)56-54-32-10-6-8-30(38(32)48)42(60)50-28-17-13-26(22-46)14-18-28/h5-20,39-40H,21-22H2,1-4H3,(H,49,59)(H,50,60)(H,51,61)(H,52,62). The van der Waals surface area contributed by atoms with E-state index in [2.05, 4.69) is 41.7 Å². The van der Waals surface area contributed by atoms with E-state index in [1.165, 1.54) is 62.8 Å². The average molecular weight is 949 g/mol. The van der Waals surface area contributed by atoms with Crippen molar-refractivity contribution in [2.75, 3.05) is 35.5 Å². The number of halogens is 4. The second-order valence-electron chi connectivity index (χ2n) is 13.5. The van der Waals surface area contributed by atoms with Crippen LogP contribution in [-0.4, -0.2) is 61.5 Å². The largest absolute Gasteiger partial charge is 0.494 e. The molecule has 0 aliphatic rings. The van der Waals surface area contributed by atoms with Gasteiger partial charge in [0.1, 0.15) is 22.9 Å². The molecule has 2 unspecified atom stereocenters. The smallest absolute Gasteiger partial charge is 0.258 e. The zero-order valence-corrected chi connectivity index (χ0v) is 37.4. The molecule has 64 heavy (non-hydrogen) atoms. The van der Waals surface area contributed by atoms with Crippen LogP contribution >= 0.6 is 46.4 Å². The molecule has 0 radical (unpaired) electrons. The van der Waals surface area contributed by atoms with Gasteiger partial charge in [-0.1, -0.05) is 59.6 Å². The Morgan fingerprint density at radius 2 is 0.906 bits per heavy atom. The maximum Gasteiger partial charge on any atom is 0.258 e. The number of alkyl halides is 2. The molecule has 0 aliphatic heterocycles. The molecule has 0 fully saturated rings. The molecule has 4 amide bonds. The molecule has 0 spiro atoms. The second kappa shape index (κ2) is 22.6. The van der Waals surface area contributed by atoms with Gasteiger partial charge >= 0.3 is 0 Å². The minimum atomic E-state index is -1.68. The summed E-state index contributed by atoms with van der Waals surface area (Å²) in [5.74, 6) is -3.66. The number of rotatable bonds is 18. The Morgan fingerprint density at radius 3 is 1.22 bits per heavy atom. The maximum atomic E-state index is 13.5. The summed E-state index contributed by atoms with van der Waals surface area (Å²) in [4.78, 5) is 78.4. The molecule has 330 valence electrons. The minimum absolute atomic E-state index is 0.000566. The number of benzene rings is 5. The van der Waals surface area contributed by atoms with E-state index in [4.69, 9.17) is 55.9 Å². The monoisotopic (exact) mass is 946 g/mol. The summed E-state index contributed by atoms with van der Waals surface area (Å²) in [5, 5.41) is 26.4. The number of nitrogens with one attached hydrogen (secondary N) is 4. The van der Waals surface area contributed by atoms with Crippen molar-refractivity contribution in [2.45, 2.75) is 37.7 Å². The molecule has 0 aliphatic carbocycles. The normalized spacial score (nSPS) is 12.0. The third-order valence-electron chi connectivity index (χ3n) is 9.04. The minimum Gasteiger partial charge on any atom is -0.494 e. The summed E-state index contributed by atoms with van der Waals surface area (Å²) in [6, 6.07) is 21.9. The average Bonchev–Trinajstić information content (AvgIpc) is 3.28. The highest BCUT2D eigenvalue weighted by atomic mass is 35.5. The van der Waals surface area contributed by atoms with Crippen LogP contribution in [0.4, 0.5) is 34.1 Å². The molecule has 4 N–H and O–H groups in total. The van der Waals surface area contributed by atoms with Gasteiger partial charge in [-0.05, 0) is 73.5 Å². The predicted molar refractivity (Wildman–Crippen MR) is 246 cm³/mol. The van der Waals surface area contributed by atoms with Crippen molar-refractivity contribution in [3.63, 3.8) is 0 Å². The third kappa shape index (κ3) is 12.3. The molecule has 5 aromatic rings. The Balaban J connectivity index is 1.30. The quantitative estimate of drug-likeness (QED) is 0.0375. The molecule has 20 heteroatoms. The van der Waals surface area contributed by atoms with E-state index in [-0.39, 0.29) is 55.4 Å². The van der Waals surface area contributed by atoms with Crippen molar-refractivity contribution in [3.05, 3.63) is 129 Å². The van der Waals surface area contributed by atoms with Gasteiger partial charge in [-0.2, -0.15) is 20.5 Å². The van der Waals surface area contributed by atoms with Crippen molar-refractivity contribution in [1.29, 1.82) is 0 Å². The molecule has 0 saturated heterocycles. The lowest BCUT2D eigenvalue weighted by Gasteiger charge is -2.18. The lowest BCUT2D eigenvalue weighted by Crippen LogP contribution is -2.32. The molecule has 0 bridgehead atoms. The highest BCUT2D eigenvalue weighted by Crippen LogP contribution is 2.37. The molecule has 16 nitrogen and oxygen atoms in total. The molecule has 0 heterocycles. The van der Waals surface area contributed by atoms with E-state index in [0.717, 1.165) is 25.0 Å².